The minimum Gasteiger partial charge on any atom is -0.338 e. The van der Waals surface area contributed by atoms with E-state index in [1.165, 1.54) is 0 Å². The van der Waals surface area contributed by atoms with Gasteiger partial charge in [0.25, 0.3) is 0 Å². The highest BCUT2D eigenvalue weighted by Gasteiger charge is 2.07. The summed E-state index contributed by atoms with van der Waals surface area (Å²) >= 11 is 10.3. The molecule has 0 fully saturated rings. The first-order valence-electron chi connectivity index (χ1n) is 5.48. The standard InChI is InChI=1S/C12H9BrN4S2/c1-17-6-7(5-14-17)8-4-11(18)16-12(15-8)9-2-3-10(13)19-9/h2-6H,1H3,(H,15,16,18). The van der Waals surface area contributed by atoms with Gasteiger partial charge in [0.05, 0.1) is 20.6 Å². The van der Waals surface area contributed by atoms with Crippen molar-refractivity contribution in [3.8, 4) is 22.0 Å². The lowest BCUT2D eigenvalue weighted by Crippen LogP contribution is -1.90. The molecule has 1 N–H and O–H groups in total. The van der Waals surface area contributed by atoms with E-state index < -0.39 is 0 Å². The van der Waals surface area contributed by atoms with Crippen molar-refractivity contribution in [2.24, 2.45) is 7.05 Å². The highest BCUT2D eigenvalue weighted by Crippen LogP contribution is 2.30. The smallest absolute Gasteiger partial charge is 0.149 e. The monoisotopic (exact) mass is 352 g/mol. The fourth-order valence-corrected chi connectivity index (χ4v) is 3.27. The van der Waals surface area contributed by atoms with Crippen LogP contribution in [0.5, 0.6) is 0 Å². The summed E-state index contributed by atoms with van der Waals surface area (Å²) in [5, 5.41) is 4.17. The molecule has 3 aromatic rings. The van der Waals surface area contributed by atoms with Crippen LogP contribution in [-0.4, -0.2) is 19.7 Å². The first-order chi connectivity index (χ1) is 9.11. The summed E-state index contributed by atoms with van der Waals surface area (Å²) in [6, 6.07) is 5.85. The van der Waals surface area contributed by atoms with Crippen molar-refractivity contribution in [1.82, 2.24) is 19.7 Å². The Morgan fingerprint density at radius 1 is 1.42 bits per heavy atom. The fourth-order valence-electron chi connectivity index (χ4n) is 1.73. The molecule has 96 valence electrons. The van der Waals surface area contributed by atoms with Crippen LogP contribution >= 0.6 is 39.5 Å². The van der Waals surface area contributed by atoms with Crippen molar-refractivity contribution in [3.05, 3.63) is 39.0 Å². The van der Waals surface area contributed by atoms with Gasteiger partial charge in [-0.15, -0.1) is 11.3 Å². The molecule has 0 spiro atoms. The van der Waals surface area contributed by atoms with Crippen LogP contribution in [0.15, 0.2) is 34.4 Å². The quantitative estimate of drug-likeness (QED) is 0.708. The van der Waals surface area contributed by atoms with Gasteiger partial charge in [-0.1, -0.05) is 12.2 Å². The normalized spacial score (nSPS) is 10.8. The maximum absolute atomic E-state index is 5.24. The predicted octanol–water partition coefficient (Wildman–Crippen LogP) is 4.03. The molecule has 7 heteroatoms. The van der Waals surface area contributed by atoms with Crippen LogP contribution in [-0.2, 0) is 7.05 Å². The molecule has 0 aliphatic carbocycles. The molecule has 3 rings (SSSR count). The summed E-state index contributed by atoms with van der Waals surface area (Å²) in [6.45, 7) is 0. The lowest BCUT2D eigenvalue weighted by Gasteiger charge is -2.02. The van der Waals surface area contributed by atoms with Gasteiger partial charge in [0.2, 0.25) is 0 Å². The van der Waals surface area contributed by atoms with E-state index in [0.717, 1.165) is 25.7 Å². The molecule has 0 saturated carbocycles. The topological polar surface area (TPSA) is 46.5 Å². The Kier molecular flexibility index (Phi) is 3.34. The van der Waals surface area contributed by atoms with E-state index in [9.17, 15) is 0 Å². The lowest BCUT2D eigenvalue weighted by molar-refractivity contribution is 0.768. The van der Waals surface area contributed by atoms with E-state index in [-0.39, 0.29) is 0 Å². The van der Waals surface area contributed by atoms with Crippen LogP contribution in [0.1, 0.15) is 0 Å². The van der Waals surface area contributed by atoms with Gasteiger partial charge in [-0.25, -0.2) is 4.98 Å². The fraction of sp³-hybridized carbons (Fsp3) is 0.0833. The van der Waals surface area contributed by atoms with Crippen LogP contribution in [0.4, 0.5) is 0 Å². The SMILES string of the molecule is Cn1cc(-c2cc(=S)nc(-c3ccc(Br)s3)[nH]2)cn1. The van der Waals surface area contributed by atoms with E-state index in [0.29, 0.717) is 4.64 Å². The molecule has 0 aliphatic rings. The minimum atomic E-state index is 0.567. The van der Waals surface area contributed by atoms with Gasteiger partial charge in [0.15, 0.2) is 0 Å². The number of nitrogens with zero attached hydrogens (tertiary/aromatic N) is 3. The van der Waals surface area contributed by atoms with Crippen molar-refractivity contribution in [2.45, 2.75) is 0 Å². The van der Waals surface area contributed by atoms with E-state index >= 15 is 0 Å². The molecule has 0 aliphatic heterocycles. The molecule has 19 heavy (non-hydrogen) atoms. The molecule has 0 atom stereocenters. The Labute approximate surface area is 127 Å². The van der Waals surface area contributed by atoms with Gasteiger partial charge in [0, 0.05) is 18.8 Å². The second kappa shape index (κ2) is 4.99. The van der Waals surface area contributed by atoms with Crippen LogP contribution in [0.2, 0.25) is 0 Å². The van der Waals surface area contributed by atoms with Gasteiger partial charge >= 0.3 is 0 Å². The minimum absolute atomic E-state index is 0.567. The molecule has 0 saturated heterocycles. The first kappa shape index (κ1) is 12.7. The summed E-state index contributed by atoms with van der Waals surface area (Å²) < 4.78 is 3.39. The van der Waals surface area contributed by atoms with Crippen LogP contribution < -0.4 is 0 Å². The Balaban J connectivity index is 2.13. The molecule has 4 nitrogen and oxygen atoms in total. The zero-order chi connectivity index (χ0) is 13.4. The number of halogens is 1. The second-order valence-electron chi connectivity index (χ2n) is 3.99. The van der Waals surface area contributed by atoms with Crippen LogP contribution in [0.3, 0.4) is 0 Å². The largest absolute Gasteiger partial charge is 0.338 e. The second-order valence-corrected chi connectivity index (χ2v) is 6.87. The Morgan fingerprint density at radius 2 is 2.26 bits per heavy atom. The van der Waals surface area contributed by atoms with Crippen molar-refractivity contribution in [3.63, 3.8) is 0 Å². The van der Waals surface area contributed by atoms with Gasteiger partial charge < -0.3 is 4.98 Å². The molecule has 0 radical (unpaired) electrons. The zero-order valence-electron chi connectivity index (χ0n) is 9.92. The molecule has 0 unspecified atom stereocenters. The van der Waals surface area contributed by atoms with E-state index in [1.54, 1.807) is 22.2 Å². The molecule has 0 amide bonds. The maximum atomic E-state index is 5.24. The summed E-state index contributed by atoms with van der Waals surface area (Å²) in [5.41, 5.74) is 1.92. The van der Waals surface area contributed by atoms with Gasteiger partial charge in [-0.3, -0.25) is 4.68 Å². The van der Waals surface area contributed by atoms with E-state index in [4.69, 9.17) is 12.2 Å². The number of aryl methyl sites for hydroxylation is 1. The van der Waals surface area contributed by atoms with Gasteiger partial charge in [0.1, 0.15) is 10.5 Å². The average Bonchev–Trinajstić information content (AvgIpc) is 2.97. The molecular weight excluding hydrogens is 344 g/mol. The van der Waals surface area contributed by atoms with Crippen molar-refractivity contribution in [2.75, 3.05) is 0 Å². The molecule has 0 aromatic carbocycles. The summed E-state index contributed by atoms with van der Waals surface area (Å²) in [6.07, 6.45) is 3.74. The van der Waals surface area contributed by atoms with Crippen LogP contribution in [0.25, 0.3) is 22.0 Å². The number of rotatable bonds is 2. The maximum Gasteiger partial charge on any atom is 0.149 e. The lowest BCUT2D eigenvalue weighted by atomic mass is 10.2. The summed E-state index contributed by atoms with van der Waals surface area (Å²) in [7, 11) is 1.89. The van der Waals surface area contributed by atoms with Gasteiger partial charge in [-0.2, -0.15) is 5.10 Å². The highest BCUT2D eigenvalue weighted by molar-refractivity contribution is 9.11. The average molecular weight is 353 g/mol. The number of nitrogens with one attached hydrogen (secondary N) is 1. The number of thiophene rings is 1. The third-order valence-corrected chi connectivity index (χ3v) is 4.40. The van der Waals surface area contributed by atoms with E-state index in [2.05, 4.69) is 31.0 Å². The number of aromatic nitrogens is 4. The summed E-state index contributed by atoms with van der Waals surface area (Å²) in [4.78, 5) is 8.72. The van der Waals surface area contributed by atoms with Crippen LogP contribution in [0, 0.1) is 4.64 Å². The number of aromatic amines is 1. The van der Waals surface area contributed by atoms with Gasteiger partial charge in [-0.05, 0) is 34.1 Å². The summed E-state index contributed by atoms with van der Waals surface area (Å²) in [5.74, 6) is 0.780. The van der Waals surface area contributed by atoms with Crippen molar-refractivity contribution < 1.29 is 0 Å². The Hall–Kier alpha value is -1.31. The van der Waals surface area contributed by atoms with E-state index in [1.807, 2.05) is 31.4 Å². The number of hydrogen-bond donors (Lipinski definition) is 1. The molecular formula is C12H9BrN4S2. The molecule has 0 bridgehead atoms. The number of H-pyrrole nitrogens is 1. The molecule has 3 aromatic heterocycles. The Morgan fingerprint density at radius 3 is 2.89 bits per heavy atom. The van der Waals surface area contributed by atoms with Crippen molar-refractivity contribution in [1.29, 1.82) is 0 Å². The zero-order valence-corrected chi connectivity index (χ0v) is 13.1. The third-order valence-electron chi connectivity index (χ3n) is 2.57. The Bertz CT molecular complexity index is 725. The third kappa shape index (κ3) is 2.68. The number of hydrogen-bond acceptors (Lipinski definition) is 4. The highest BCUT2D eigenvalue weighted by atomic mass is 79.9. The molecule has 3 heterocycles. The first-order valence-corrected chi connectivity index (χ1v) is 7.50. The van der Waals surface area contributed by atoms with Crippen molar-refractivity contribution >= 4 is 39.5 Å². The predicted molar refractivity (Wildman–Crippen MR) is 82.6 cm³/mol.